The molecule has 8 nitrogen and oxygen atoms in total. The molecular formula is C20H19Cl2N3O5S. The second kappa shape index (κ2) is 8.85. The van der Waals surface area contributed by atoms with Crippen LogP contribution in [0.5, 0.6) is 0 Å². The Morgan fingerprint density at radius 2 is 2.00 bits per heavy atom. The predicted molar refractivity (Wildman–Crippen MR) is 113 cm³/mol. The van der Waals surface area contributed by atoms with Gasteiger partial charge in [0.25, 0.3) is 10.1 Å². The van der Waals surface area contributed by atoms with Gasteiger partial charge in [0, 0.05) is 10.6 Å². The van der Waals surface area contributed by atoms with E-state index in [9.17, 15) is 8.42 Å². The number of hydrogen-bond donors (Lipinski definition) is 0. The van der Waals surface area contributed by atoms with Crippen LogP contribution in [-0.4, -0.2) is 42.5 Å². The largest absolute Gasteiger partial charge is 0.342 e. The molecule has 0 radical (unpaired) electrons. The minimum Gasteiger partial charge on any atom is -0.342 e. The van der Waals surface area contributed by atoms with Gasteiger partial charge in [0.1, 0.15) is 25.3 Å². The van der Waals surface area contributed by atoms with E-state index in [1.54, 1.807) is 30.3 Å². The molecule has 11 heteroatoms. The van der Waals surface area contributed by atoms with Crippen LogP contribution in [-0.2, 0) is 36.1 Å². The Bertz CT molecular complexity index is 1160. The van der Waals surface area contributed by atoms with Crippen molar-refractivity contribution in [1.82, 2.24) is 14.8 Å². The second-order valence-electron chi connectivity index (χ2n) is 7.07. The topological polar surface area (TPSA) is 92.5 Å². The first-order chi connectivity index (χ1) is 14.8. The van der Waals surface area contributed by atoms with Crippen molar-refractivity contribution in [2.45, 2.75) is 30.3 Å². The third kappa shape index (κ3) is 4.92. The number of benzene rings is 2. The molecule has 4 rings (SSSR count). The predicted octanol–water partition coefficient (Wildman–Crippen LogP) is 3.57. The quantitative estimate of drug-likeness (QED) is 0.474. The number of nitrogens with zero attached hydrogens (tertiary/aromatic N) is 3. The molecule has 0 N–H and O–H groups in total. The van der Waals surface area contributed by atoms with E-state index in [2.05, 4.69) is 10.1 Å². The Morgan fingerprint density at radius 3 is 2.68 bits per heavy atom. The van der Waals surface area contributed by atoms with Gasteiger partial charge in [-0.05, 0) is 31.2 Å². The van der Waals surface area contributed by atoms with Gasteiger partial charge in [-0.1, -0.05) is 47.0 Å². The number of rotatable bonds is 7. The maximum absolute atomic E-state index is 12.5. The summed E-state index contributed by atoms with van der Waals surface area (Å²) in [7, 11) is -3.94. The van der Waals surface area contributed by atoms with E-state index in [1.807, 2.05) is 6.92 Å². The third-order valence-electron chi connectivity index (χ3n) is 4.76. The highest BCUT2D eigenvalue weighted by atomic mass is 35.5. The van der Waals surface area contributed by atoms with Gasteiger partial charge in [-0.2, -0.15) is 13.5 Å². The molecule has 0 amide bonds. The van der Waals surface area contributed by atoms with Crippen LogP contribution in [0.2, 0.25) is 10.0 Å². The number of halogens is 2. The van der Waals surface area contributed by atoms with E-state index < -0.39 is 22.0 Å². The first-order valence-electron chi connectivity index (χ1n) is 9.33. The molecule has 1 aliphatic heterocycles. The van der Waals surface area contributed by atoms with Gasteiger partial charge in [-0.25, -0.2) is 9.67 Å². The highest BCUT2D eigenvalue weighted by Crippen LogP contribution is 2.40. The fraction of sp³-hybridized carbons (Fsp3) is 0.300. The van der Waals surface area contributed by atoms with Gasteiger partial charge < -0.3 is 9.47 Å². The van der Waals surface area contributed by atoms with Crippen molar-refractivity contribution in [3.05, 3.63) is 76.3 Å². The standard InChI is InChI=1S/C20H19Cl2N3O5S/c1-14-2-5-17(6-3-14)31(26,27)29-10-16-9-28-20(30-16,11-25-13-23-12-24-25)18-7-4-15(21)8-19(18)22/h2-8,12-13,16H,9-11H2,1H3/t16?,20-/m0/s1. The van der Waals surface area contributed by atoms with Crippen molar-refractivity contribution >= 4 is 33.3 Å². The van der Waals surface area contributed by atoms with Crippen molar-refractivity contribution in [3.63, 3.8) is 0 Å². The van der Waals surface area contributed by atoms with Crippen LogP contribution in [0.25, 0.3) is 0 Å². The summed E-state index contributed by atoms with van der Waals surface area (Å²) in [6.45, 7) is 1.89. The minimum atomic E-state index is -3.94. The van der Waals surface area contributed by atoms with Crippen molar-refractivity contribution in [1.29, 1.82) is 0 Å². The summed E-state index contributed by atoms with van der Waals surface area (Å²) in [5, 5.41) is 4.92. The molecule has 1 saturated heterocycles. The monoisotopic (exact) mass is 483 g/mol. The molecule has 2 atom stereocenters. The zero-order valence-corrected chi connectivity index (χ0v) is 18.8. The van der Waals surface area contributed by atoms with Gasteiger partial charge in [0.15, 0.2) is 0 Å². The third-order valence-corrected chi connectivity index (χ3v) is 6.60. The smallest absolute Gasteiger partial charge is 0.297 e. The average Bonchev–Trinajstić information content (AvgIpc) is 3.38. The van der Waals surface area contributed by atoms with Gasteiger partial charge in [0.05, 0.1) is 23.1 Å². The minimum absolute atomic E-state index is 0.0756. The van der Waals surface area contributed by atoms with E-state index in [-0.39, 0.29) is 24.7 Å². The van der Waals surface area contributed by atoms with E-state index in [0.29, 0.717) is 15.6 Å². The van der Waals surface area contributed by atoms with E-state index in [1.165, 1.54) is 29.5 Å². The number of aromatic nitrogens is 3. The Morgan fingerprint density at radius 1 is 1.23 bits per heavy atom. The fourth-order valence-corrected chi connectivity index (χ4v) is 4.71. The van der Waals surface area contributed by atoms with Gasteiger partial charge in [-0.15, -0.1) is 0 Å². The summed E-state index contributed by atoms with van der Waals surface area (Å²) >= 11 is 12.4. The zero-order chi connectivity index (χ0) is 22.1. The molecule has 1 unspecified atom stereocenters. The lowest BCUT2D eigenvalue weighted by Crippen LogP contribution is -2.35. The molecule has 0 bridgehead atoms. The van der Waals surface area contributed by atoms with Crippen LogP contribution in [0.4, 0.5) is 0 Å². The summed E-state index contributed by atoms with van der Waals surface area (Å²) in [5.74, 6) is -1.31. The van der Waals surface area contributed by atoms with Crippen molar-refractivity contribution in [2.75, 3.05) is 13.2 Å². The molecule has 164 valence electrons. The van der Waals surface area contributed by atoms with E-state index in [4.69, 9.17) is 36.9 Å². The summed E-state index contributed by atoms with van der Waals surface area (Å²) in [5.41, 5.74) is 1.49. The normalized spacial score (nSPS) is 21.5. The maximum atomic E-state index is 12.5. The average molecular weight is 484 g/mol. The molecule has 2 heterocycles. The molecule has 2 aromatic carbocycles. The molecule has 1 fully saturated rings. The van der Waals surface area contributed by atoms with E-state index >= 15 is 0 Å². The first kappa shape index (κ1) is 22.2. The van der Waals surface area contributed by atoms with Crippen LogP contribution in [0, 0.1) is 6.92 Å². The van der Waals surface area contributed by atoms with Gasteiger partial charge in [0.2, 0.25) is 5.79 Å². The molecule has 3 aromatic rings. The van der Waals surface area contributed by atoms with Crippen molar-refractivity contribution < 1.29 is 22.1 Å². The van der Waals surface area contributed by atoms with Crippen molar-refractivity contribution in [2.24, 2.45) is 0 Å². The molecule has 1 aromatic heterocycles. The summed E-state index contributed by atoms with van der Waals surface area (Å²) in [6, 6.07) is 11.4. The van der Waals surface area contributed by atoms with E-state index in [0.717, 1.165) is 5.56 Å². The first-order valence-corrected chi connectivity index (χ1v) is 11.5. The van der Waals surface area contributed by atoms with Crippen LogP contribution in [0.1, 0.15) is 11.1 Å². The fourth-order valence-electron chi connectivity index (χ4n) is 3.22. The lowest BCUT2D eigenvalue weighted by molar-refractivity contribution is -0.190. The molecule has 1 aliphatic rings. The lowest BCUT2D eigenvalue weighted by Gasteiger charge is -2.29. The highest BCUT2D eigenvalue weighted by molar-refractivity contribution is 7.86. The summed E-state index contributed by atoms with van der Waals surface area (Å²) in [6.07, 6.45) is 2.25. The van der Waals surface area contributed by atoms with Crippen LogP contribution in [0.3, 0.4) is 0 Å². The van der Waals surface area contributed by atoms with Gasteiger partial charge in [-0.3, -0.25) is 4.18 Å². The SMILES string of the molecule is Cc1ccc(S(=O)(=O)OCC2CO[C@](Cn3cncn3)(c3ccc(Cl)cc3Cl)O2)cc1. The zero-order valence-electron chi connectivity index (χ0n) is 16.4. The van der Waals surface area contributed by atoms with Crippen molar-refractivity contribution in [3.8, 4) is 0 Å². The summed E-state index contributed by atoms with van der Waals surface area (Å²) < 4.78 is 43.9. The Balaban J connectivity index is 1.53. The Labute approximate surface area is 189 Å². The maximum Gasteiger partial charge on any atom is 0.297 e. The molecule has 0 saturated carbocycles. The number of ether oxygens (including phenoxy) is 2. The summed E-state index contributed by atoms with van der Waals surface area (Å²) in [4.78, 5) is 4.01. The van der Waals surface area contributed by atoms with Crippen LogP contribution >= 0.6 is 23.2 Å². The molecule has 0 aliphatic carbocycles. The molecule has 31 heavy (non-hydrogen) atoms. The van der Waals surface area contributed by atoms with Crippen LogP contribution in [0.15, 0.2) is 60.0 Å². The number of hydrogen-bond acceptors (Lipinski definition) is 7. The Kier molecular flexibility index (Phi) is 6.34. The Hall–Kier alpha value is -2.01. The highest BCUT2D eigenvalue weighted by Gasteiger charge is 2.46. The lowest BCUT2D eigenvalue weighted by atomic mass is 10.1. The van der Waals surface area contributed by atoms with Crippen LogP contribution < -0.4 is 0 Å². The molecule has 0 spiro atoms. The second-order valence-corrected chi connectivity index (χ2v) is 9.53. The van der Waals surface area contributed by atoms with Gasteiger partial charge >= 0.3 is 0 Å². The number of aryl methyl sites for hydroxylation is 1. The molecular weight excluding hydrogens is 465 g/mol.